The standard InChI is InChI=1S/C18H15N3O3/c1-11(22)24-16-8-7-14-13(10-20-18(14)21-16)9-15(17(19)23)12-5-3-2-4-6-12/h2-10H,1H3,(H2,19,23)(H,20,21)/b15-9-. The van der Waals surface area contributed by atoms with E-state index in [1.54, 1.807) is 24.4 Å². The van der Waals surface area contributed by atoms with E-state index in [0.717, 1.165) is 16.5 Å². The second-order valence-corrected chi connectivity index (χ2v) is 5.17. The Kier molecular flexibility index (Phi) is 4.11. The number of primary amides is 1. The van der Waals surface area contributed by atoms with Gasteiger partial charge in [-0.05, 0) is 17.7 Å². The van der Waals surface area contributed by atoms with Crippen LogP contribution in [0.15, 0.2) is 48.7 Å². The predicted octanol–water partition coefficient (Wildman–Crippen LogP) is 2.51. The van der Waals surface area contributed by atoms with Crippen LogP contribution in [0.2, 0.25) is 0 Å². The number of carbonyl (C=O) groups excluding carboxylic acids is 2. The number of H-pyrrole nitrogens is 1. The molecule has 0 saturated heterocycles. The van der Waals surface area contributed by atoms with E-state index in [1.807, 2.05) is 30.3 Å². The van der Waals surface area contributed by atoms with E-state index in [1.165, 1.54) is 6.92 Å². The number of aromatic nitrogens is 2. The SMILES string of the molecule is CC(=O)Oc1ccc2c(/C=C(\C(N)=O)c3ccccc3)c[nH]c2n1. The molecule has 0 unspecified atom stereocenters. The van der Waals surface area contributed by atoms with E-state index in [2.05, 4.69) is 9.97 Å². The maximum absolute atomic E-state index is 11.8. The highest BCUT2D eigenvalue weighted by molar-refractivity contribution is 6.24. The van der Waals surface area contributed by atoms with Crippen molar-refractivity contribution in [1.82, 2.24) is 9.97 Å². The number of nitrogens with zero attached hydrogens (tertiary/aromatic N) is 1. The van der Waals surface area contributed by atoms with Crippen molar-refractivity contribution in [1.29, 1.82) is 0 Å². The zero-order chi connectivity index (χ0) is 17.1. The predicted molar refractivity (Wildman–Crippen MR) is 90.9 cm³/mol. The Balaban J connectivity index is 2.05. The van der Waals surface area contributed by atoms with E-state index in [4.69, 9.17) is 10.5 Å². The summed E-state index contributed by atoms with van der Waals surface area (Å²) in [5.74, 6) is -0.737. The third-order valence-corrected chi connectivity index (χ3v) is 3.44. The highest BCUT2D eigenvalue weighted by atomic mass is 16.5. The molecule has 0 aliphatic heterocycles. The molecule has 1 aromatic carbocycles. The molecular weight excluding hydrogens is 306 g/mol. The largest absolute Gasteiger partial charge is 0.408 e. The van der Waals surface area contributed by atoms with Crippen LogP contribution in [0.4, 0.5) is 0 Å². The first-order valence-electron chi connectivity index (χ1n) is 7.28. The lowest BCUT2D eigenvalue weighted by Crippen LogP contribution is -2.12. The Morgan fingerprint density at radius 3 is 2.58 bits per heavy atom. The zero-order valence-corrected chi connectivity index (χ0v) is 12.9. The minimum Gasteiger partial charge on any atom is -0.408 e. The smallest absolute Gasteiger partial charge is 0.309 e. The third-order valence-electron chi connectivity index (χ3n) is 3.44. The highest BCUT2D eigenvalue weighted by Crippen LogP contribution is 2.25. The van der Waals surface area contributed by atoms with Crippen LogP contribution in [0.25, 0.3) is 22.7 Å². The number of nitrogens with two attached hydrogens (primary N) is 1. The second-order valence-electron chi connectivity index (χ2n) is 5.17. The van der Waals surface area contributed by atoms with Gasteiger partial charge in [0.05, 0.1) is 0 Å². The molecule has 2 heterocycles. The molecule has 0 aliphatic rings. The summed E-state index contributed by atoms with van der Waals surface area (Å²) in [5.41, 5.74) is 7.98. The highest BCUT2D eigenvalue weighted by Gasteiger charge is 2.11. The van der Waals surface area contributed by atoms with Crippen molar-refractivity contribution in [2.45, 2.75) is 6.92 Å². The quantitative estimate of drug-likeness (QED) is 0.570. The van der Waals surface area contributed by atoms with Gasteiger partial charge in [0.15, 0.2) is 0 Å². The van der Waals surface area contributed by atoms with Gasteiger partial charge >= 0.3 is 5.97 Å². The molecule has 1 amide bonds. The van der Waals surface area contributed by atoms with Gasteiger partial charge in [-0.2, -0.15) is 4.98 Å². The Morgan fingerprint density at radius 1 is 1.17 bits per heavy atom. The van der Waals surface area contributed by atoms with Crippen molar-refractivity contribution in [2.75, 3.05) is 0 Å². The Bertz CT molecular complexity index is 943. The van der Waals surface area contributed by atoms with Crippen LogP contribution in [0, 0.1) is 0 Å². The normalized spacial score (nSPS) is 11.5. The first-order valence-corrected chi connectivity index (χ1v) is 7.28. The van der Waals surface area contributed by atoms with Gasteiger partial charge in [-0.25, -0.2) is 0 Å². The molecule has 0 fully saturated rings. The molecule has 0 radical (unpaired) electrons. The molecule has 0 spiro atoms. The number of carbonyl (C=O) groups is 2. The topological polar surface area (TPSA) is 98.1 Å². The summed E-state index contributed by atoms with van der Waals surface area (Å²) in [6.45, 7) is 1.31. The average molecular weight is 321 g/mol. The van der Waals surface area contributed by atoms with Gasteiger partial charge in [0.25, 0.3) is 0 Å². The first kappa shape index (κ1) is 15.5. The van der Waals surface area contributed by atoms with Crippen LogP contribution in [-0.4, -0.2) is 21.8 Å². The maximum atomic E-state index is 11.8. The van der Waals surface area contributed by atoms with Crippen LogP contribution < -0.4 is 10.5 Å². The number of pyridine rings is 1. The zero-order valence-electron chi connectivity index (χ0n) is 12.9. The van der Waals surface area contributed by atoms with Gasteiger partial charge < -0.3 is 15.5 Å². The van der Waals surface area contributed by atoms with Crippen molar-refractivity contribution in [2.24, 2.45) is 5.73 Å². The minimum absolute atomic E-state index is 0.213. The van der Waals surface area contributed by atoms with Crippen molar-refractivity contribution in [3.8, 4) is 5.88 Å². The van der Waals surface area contributed by atoms with Gasteiger partial charge in [-0.3, -0.25) is 9.59 Å². The molecule has 6 heteroatoms. The summed E-state index contributed by atoms with van der Waals surface area (Å²) in [5, 5.41) is 0.792. The van der Waals surface area contributed by atoms with Crippen molar-refractivity contribution in [3.63, 3.8) is 0 Å². The maximum Gasteiger partial charge on any atom is 0.309 e. The molecule has 0 bridgehead atoms. The molecular formula is C18H15N3O3. The lowest BCUT2D eigenvalue weighted by atomic mass is 10.0. The molecule has 3 aromatic rings. The van der Waals surface area contributed by atoms with Gasteiger partial charge in [-0.15, -0.1) is 0 Å². The number of rotatable bonds is 4. The second kappa shape index (κ2) is 6.37. The Morgan fingerprint density at radius 2 is 1.92 bits per heavy atom. The monoisotopic (exact) mass is 321 g/mol. The van der Waals surface area contributed by atoms with Crippen LogP contribution in [-0.2, 0) is 9.59 Å². The number of amides is 1. The molecule has 0 saturated carbocycles. The summed E-state index contributed by atoms with van der Waals surface area (Å²) in [7, 11) is 0. The fraction of sp³-hybridized carbons (Fsp3) is 0.0556. The van der Waals surface area contributed by atoms with Crippen LogP contribution >= 0.6 is 0 Å². The third kappa shape index (κ3) is 3.17. The lowest BCUT2D eigenvalue weighted by Gasteiger charge is -2.03. The Hall–Kier alpha value is -3.41. The molecule has 24 heavy (non-hydrogen) atoms. The van der Waals surface area contributed by atoms with E-state index in [-0.39, 0.29) is 5.88 Å². The molecule has 3 rings (SSSR count). The number of aromatic amines is 1. The summed E-state index contributed by atoms with van der Waals surface area (Å²) in [6.07, 6.45) is 3.44. The van der Waals surface area contributed by atoms with Gasteiger partial charge in [0, 0.05) is 35.7 Å². The lowest BCUT2D eigenvalue weighted by molar-refractivity contribution is -0.132. The number of esters is 1. The fourth-order valence-corrected chi connectivity index (χ4v) is 2.40. The van der Waals surface area contributed by atoms with Crippen molar-refractivity contribution in [3.05, 3.63) is 59.8 Å². The fourth-order valence-electron chi connectivity index (χ4n) is 2.40. The van der Waals surface area contributed by atoms with E-state index in [9.17, 15) is 9.59 Å². The summed E-state index contributed by atoms with van der Waals surface area (Å²) >= 11 is 0. The Labute approximate surface area is 138 Å². The number of benzene rings is 1. The number of ether oxygens (including phenoxy) is 1. The average Bonchev–Trinajstić information content (AvgIpc) is 2.94. The van der Waals surface area contributed by atoms with Crippen LogP contribution in [0.1, 0.15) is 18.1 Å². The van der Waals surface area contributed by atoms with E-state index < -0.39 is 11.9 Å². The van der Waals surface area contributed by atoms with Gasteiger partial charge in [0.2, 0.25) is 11.8 Å². The number of hydrogen-bond donors (Lipinski definition) is 2. The van der Waals surface area contributed by atoms with Gasteiger partial charge in [-0.1, -0.05) is 30.3 Å². The number of hydrogen-bond acceptors (Lipinski definition) is 4. The van der Waals surface area contributed by atoms with Crippen LogP contribution in [0.5, 0.6) is 5.88 Å². The molecule has 0 aliphatic carbocycles. The summed E-state index contributed by atoms with van der Waals surface area (Å²) in [4.78, 5) is 30.0. The number of fused-ring (bicyclic) bond motifs is 1. The first-order chi connectivity index (χ1) is 11.5. The summed E-state index contributed by atoms with van der Waals surface area (Å²) in [6, 6.07) is 12.6. The molecule has 120 valence electrons. The minimum atomic E-state index is -0.514. The van der Waals surface area contributed by atoms with E-state index >= 15 is 0 Å². The molecule has 2 aromatic heterocycles. The summed E-state index contributed by atoms with van der Waals surface area (Å²) < 4.78 is 4.96. The molecule has 3 N–H and O–H groups in total. The van der Waals surface area contributed by atoms with Crippen molar-refractivity contribution >= 4 is 34.6 Å². The van der Waals surface area contributed by atoms with Gasteiger partial charge in [0.1, 0.15) is 5.65 Å². The molecule has 0 atom stereocenters. The van der Waals surface area contributed by atoms with Crippen molar-refractivity contribution < 1.29 is 14.3 Å². The van der Waals surface area contributed by atoms with E-state index in [0.29, 0.717) is 11.2 Å². The molecule has 6 nitrogen and oxygen atoms in total. The number of nitrogens with one attached hydrogen (secondary N) is 1. The van der Waals surface area contributed by atoms with Crippen LogP contribution in [0.3, 0.4) is 0 Å².